The standard InChI is InChI=1S/C13H19N3/c1-2-10(9-15-5-1)12-8-13(12)16-11-3-6-14-7-4-11/h1-2,5,9,11-14,16H,3-4,6-8H2. The Morgan fingerprint density at radius 3 is 2.94 bits per heavy atom. The van der Waals surface area contributed by atoms with Gasteiger partial charge < -0.3 is 10.6 Å². The van der Waals surface area contributed by atoms with Gasteiger partial charge in [-0.05, 0) is 44.0 Å². The first-order valence-electron chi connectivity index (χ1n) is 6.30. The molecule has 3 heteroatoms. The average Bonchev–Trinajstić information content (AvgIpc) is 3.11. The van der Waals surface area contributed by atoms with E-state index in [9.17, 15) is 0 Å². The number of nitrogens with one attached hydrogen (secondary N) is 2. The molecule has 2 heterocycles. The Morgan fingerprint density at radius 1 is 1.31 bits per heavy atom. The van der Waals surface area contributed by atoms with Crippen LogP contribution in [0.1, 0.15) is 30.7 Å². The van der Waals surface area contributed by atoms with Gasteiger partial charge in [0.15, 0.2) is 0 Å². The molecule has 0 radical (unpaired) electrons. The summed E-state index contributed by atoms with van der Waals surface area (Å²) in [6, 6.07) is 5.66. The number of rotatable bonds is 3. The maximum absolute atomic E-state index is 4.19. The zero-order valence-electron chi connectivity index (χ0n) is 9.52. The van der Waals surface area contributed by atoms with Crippen molar-refractivity contribution in [3.63, 3.8) is 0 Å². The number of nitrogens with zero attached hydrogens (tertiary/aromatic N) is 1. The molecule has 0 aromatic carbocycles. The van der Waals surface area contributed by atoms with E-state index in [-0.39, 0.29) is 0 Å². The highest BCUT2D eigenvalue weighted by Crippen LogP contribution is 2.40. The second-order valence-electron chi connectivity index (χ2n) is 4.93. The van der Waals surface area contributed by atoms with Crippen molar-refractivity contribution in [3.8, 4) is 0 Å². The van der Waals surface area contributed by atoms with E-state index in [2.05, 4.69) is 21.7 Å². The van der Waals surface area contributed by atoms with E-state index >= 15 is 0 Å². The first-order chi connectivity index (χ1) is 7.93. The molecule has 2 fully saturated rings. The lowest BCUT2D eigenvalue weighted by atomic mass is 10.1. The topological polar surface area (TPSA) is 37.0 Å². The summed E-state index contributed by atoms with van der Waals surface area (Å²) >= 11 is 0. The molecule has 16 heavy (non-hydrogen) atoms. The van der Waals surface area contributed by atoms with Gasteiger partial charge in [0.1, 0.15) is 0 Å². The molecule has 86 valence electrons. The average molecular weight is 217 g/mol. The van der Waals surface area contributed by atoms with Gasteiger partial charge in [-0.25, -0.2) is 0 Å². The molecule has 3 nitrogen and oxygen atoms in total. The zero-order chi connectivity index (χ0) is 10.8. The van der Waals surface area contributed by atoms with Gasteiger partial charge in [0.2, 0.25) is 0 Å². The van der Waals surface area contributed by atoms with Crippen LogP contribution >= 0.6 is 0 Å². The predicted octanol–water partition coefficient (Wildman–Crippen LogP) is 1.28. The van der Waals surface area contributed by atoms with Crippen LogP contribution < -0.4 is 10.6 Å². The molecule has 0 amide bonds. The molecule has 2 unspecified atom stereocenters. The summed E-state index contributed by atoms with van der Waals surface area (Å²) in [6.45, 7) is 2.34. The van der Waals surface area contributed by atoms with Crippen LogP contribution in [0.15, 0.2) is 24.5 Å². The third-order valence-corrected chi connectivity index (χ3v) is 3.69. The maximum Gasteiger partial charge on any atom is 0.0303 e. The summed E-state index contributed by atoms with van der Waals surface area (Å²) in [5, 5.41) is 7.17. The Balaban J connectivity index is 1.52. The van der Waals surface area contributed by atoms with Crippen molar-refractivity contribution in [1.82, 2.24) is 15.6 Å². The molecule has 2 N–H and O–H groups in total. The third-order valence-electron chi connectivity index (χ3n) is 3.69. The molecule has 1 aliphatic carbocycles. The summed E-state index contributed by atoms with van der Waals surface area (Å²) in [7, 11) is 0. The first kappa shape index (κ1) is 10.2. The highest BCUT2D eigenvalue weighted by atomic mass is 15.0. The van der Waals surface area contributed by atoms with Crippen LogP contribution in [0.4, 0.5) is 0 Å². The van der Waals surface area contributed by atoms with Crippen LogP contribution in [-0.2, 0) is 0 Å². The van der Waals surface area contributed by atoms with E-state index in [1.54, 1.807) is 0 Å². The fourth-order valence-corrected chi connectivity index (χ4v) is 2.63. The van der Waals surface area contributed by atoms with Crippen molar-refractivity contribution >= 4 is 0 Å². The molecule has 1 aromatic heterocycles. The van der Waals surface area contributed by atoms with Gasteiger partial charge in [0, 0.05) is 30.4 Å². The highest BCUT2D eigenvalue weighted by molar-refractivity contribution is 5.24. The minimum atomic E-state index is 0.701. The molecule has 1 aromatic rings. The molecule has 0 bridgehead atoms. The number of hydrogen-bond acceptors (Lipinski definition) is 3. The lowest BCUT2D eigenvalue weighted by molar-refractivity contribution is 0.383. The van der Waals surface area contributed by atoms with Crippen LogP contribution in [0.25, 0.3) is 0 Å². The Kier molecular flexibility index (Phi) is 2.89. The Hall–Kier alpha value is -0.930. The number of pyridine rings is 1. The van der Waals surface area contributed by atoms with Crippen molar-refractivity contribution in [2.75, 3.05) is 13.1 Å². The quantitative estimate of drug-likeness (QED) is 0.801. The van der Waals surface area contributed by atoms with Crippen LogP contribution in [-0.4, -0.2) is 30.2 Å². The second kappa shape index (κ2) is 4.52. The summed E-state index contributed by atoms with van der Waals surface area (Å²) in [4.78, 5) is 4.19. The van der Waals surface area contributed by atoms with Crippen molar-refractivity contribution in [2.24, 2.45) is 0 Å². The lowest BCUT2D eigenvalue weighted by Gasteiger charge is -2.23. The Morgan fingerprint density at radius 2 is 2.19 bits per heavy atom. The SMILES string of the molecule is c1cncc(C2CC2NC2CCNCC2)c1. The van der Waals surface area contributed by atoms with E-state index in [0.29, 0.717) is 12.0 Å². The van der Waals surface area contributed by atoms with E-state index in [0.717, 1.165) is 6.04 Å². The minimum Gasteiger partial charge on any atom is -0.317 e. The van der Waals surface area contributed by atoms with Crippen molar-refractivity contribution in [3.05, 3.63) is 30.1 Å². The van der Waals surface area contributed by atoms with Gasteiger partial charge in [-0.2, -0.15) is 0 Å². The van der Waals surface area contributed by atoms with Crippen LogP contribution in [0.3, 0.4) is 0 Å². The van der Waals surface area contributed by atoms with Crippen molar-refractivity contribution in [1.29, 1.82) is 0 Å². The van der Waals surface area contributed by atoms with Gasteiger partial charge in [0.05, 0.1) is 0 Å². The second-order valence-corrected chi connectivity index (χ2v) is 4.93. The van der Waals surface area contributed by atoms with Crippen molar-refractivity contribution in [2.45, 2.75) is 37.3 Å². The van der Waals surface area contributed by atoms with Crippen LogP contribution in [0, 0.1) is 0 Å². The molecular formula is C13H19N3. The molecule has 1 saturated carbocycles. The summed E-state index contributed by atoms with van der Waals surface area (Å²) in [5.74, 6) is 0.712. The Labute approximate surface area is 96.7 Å². The van der Waals surface area contributed by atoms with Gasteiger partial charge in [-0.1, -0.05) is 6.07 Å². The highest BCUT2D eigenvalue weighted by Gasteiger charge is 2.39. The largest absolute Gasteiger partial charge is 0.317 e. The van der Waals surface area contributed by atoms with E-state index in [1.807, 2.05) is 18.5 Å². The first-order valence-corrected chi connectivity index (χ1v) is 6.30. The fraction of sp³-hybridized carbons (Fsp3) is 0.615. The Bertz CT molecular complexity index is 332. The molecule has 2 aliphatic rings. The predicted molar refractivity (Wildman–Crippen MR) is 64.4 cm³/mol. The third kappa shape index (κ3) is 2.25. The summed E-state index contributed by atoms with van der Waals surface area (Å²) in [5.41, 5.74) is 1.40. The molecule has 3 rings (SSSR count). The summed E-state index contributed by atoms with van der Waals surface area (Å²) < 4.78 is 0. The molecular weight excluding hydrogens is 198 g/mol. The molecule has 2 atom stereocenters. The van der Waals surface area contributed by atoms with E-state index in [4.69, 9.17) is 0 Å². The maximum atomic E-state index is 4.19. The monoisotopic (exact) mass is 217 g/mol. The van der Waals surface area contributed by atoms with Crippen molar-refractivity contribution < 1.29 is 0 Å². The smallest absolute Gasteiger partial charge is 0.0303 e. The number of hydrogen-bond donors (Lipinski definition) is 2. The lowest BCUT2D eigenvalue weighted by Crippen LogP contribution is -2.41. The summed E-state index contributed by atoms with van der Waals surface area (Å²) in [6.07, 6.45) is 7.69. The molecule has 1 aliphatic heterocycles. The van der Waals surface area contributed by atoms with E-state index in [1.165, 1.54) is 37.9 Å². The van der Waals surface area contributed by atoms with Gasteiger partial charge in [-0.3, -0.25) is 4.98 Å². The van der Waals surface area contributed by atoms with Crippen LogP contribution in [0.2, 0.25) is 0 Å². The van der Waals surface area contributed by atoms with Gasteiger partial charge in [0.25, 0.3) is 0 Å². The fourth-order valence-electron chi connectivity index (χ4n) is 2.63. The van der Waals surface area contributed by atoms with Gasteiger partial charge >= 0.3 is 0 Å². The number of aromatic nitrogens is 1. The minimum absolute atomic E-state index is 0.701. The van der Waals surface area contributed by atoms with Gasteiger partial charge in [-0.15, -0.1) is 0 Å². The van der Waals surface area contributed by atoms with E-state index < -0.39 is 0 Å². The normalized spacial score (nSPS) is 30.2. The zero-order valence-corrected chi connectivity index (χ0v) is 9.52. The molecule has 1 saturated heterocycles. The number of piperidine rings is 1. The van der Waals surface area contributed by atoms with Crippen LogP contribution in [0.5, 0.6) is 0 Å². The molecule has 0 spiro atoms.